The molecule has 10 nitrogen and oxygen atoms in total. The Bertz CT molecular complexity index is 1230. The van der Waals surface area contributed by atoms with Gasteiger partial charge in [0.1, 0.15) is 0 Å². The van der Waals surface area contributed by atoms with E-state index in [4.69, 9.17) is 5.73 Å². The number of nitrogens with one attached hydrogen (secondary N) is 1. The second kappa shape index (κ2) is 9.10. The molecule has 0 radical (unpaired) electrons. The number of hydrazone groups is 1. The molecule has 4 rings (SSSR count). The van der Waals surface area contributed by atoms with Crippen LogP contribution in [0.5, 0.6) is 0 Å². The van der Waals surface area contributed by atoms with Crippen LogP contribution in [0.4, 0.5) is 5.82 Å². The zero-order valence-corrected chi connectivity index (χ0v) is 18.3. The number of benzene rings is 1. The quantitative estimate of drug-likeness (QED) is 0.247. The summed E-state index contributed by atoms with van der Waals surface area (Å²) in [7, 11) is 0. The number of carbonyl (C=O) groups excluding carboxylic acids is 1. The van der Waals surface area contributed by atoms with Crippen molar-refractivity contribution in [3.05, 3.63) is 63.1 Å². The Kier molecular flexibility index (Phi) is 6.09. The lowest BCUT2D eigenvalue weighted by Gasteiger charge is -2.06. The summed E-state index contributed by atoms with van der Waals surface area (Å²) in [5.41, 5.74) is 11.2. The van der Waals surface area contributed by atoms with Crippen LogP contribution in [-0.4, -0.2) is 37.4 Å². The van der Waals surface area contributed by atoms with Crippen molar-refractivity contribution in [3.8, 4) is 5.82 Å². The van der Waals surface area contributed by atoms with Crippen molar-refractivity contribution in [2.24, 2.45) is 5.10 Å². The minimum Gasteiger partial charge on any atom is -0.378 e. The average molecular weight is 455 g/mol. The number of aromatic nitrogens is 5. The van der Waals surface area contributed by atoms with Crippen LogP contribution in [-0.2, 0) is 5.75 Å². The van der Waals surface area contributed by atoms with E-state index >= 15 is 0 Å². The number of aryl methyl sites for hydroxylation is 2. The van der Waals surface area contributed by atoms with Crippen LogP contribution in [0.1, 0.15) is 32.2 Å². The monoisotopic (exact) mass is 454 g/mol. The zero-order chi connectivity index (χ0) is 21.8. The van der Waals surface area contributed by atoms with Crippen LogP contribution in [0.25, 0.3) is 5.82 Å². The fraction of sp³-hybridized carbons (Fsp3) is 0.158. The number of hydrogen-bond acceptors (Lipinski definition) is 10. The van der Waals surface area contributed by atoms with Gasteiger partial charge in [-0.2, -0.15) is 9.78 Å². The summed E-state index contributed by atoms with van der Waals surface area (Å²) in [6.07, 6.45) is 1.60. The first-order valence-electron chi connectivity index (χ1n) is 9.13. The lowest BCUT2D eigenvalue weighted by atomic mass is 10.2. The highest BCUT2D eigenvalue weighted by Gasteiger charge is 2.24. The molecule has 31 heavy (non-hydrogen) atoms. The maximum atomic E-state index is 12.8. The molecule has 158 valence electrons. The van der Waals surface area contributed by atoms with Gasteiger partial charge in [-0.05, 0) is 53.3 Å². The third-order valence-corrected chi connectivity index (χ3v) is 6.30. The summed E-state index contributed by atoms with van der Waals surface area (Å²) in [6.45, 7) is 4.00. The molecular formula is C19H18N8O2S2. The fourth-order valence-electron chi connectivity index (χ4n) is 2.62. The van der Waals surface area contributed by atoms with Crippen molar-refractivity contribution < 1.29 is 9.42 Å². The Balaban J connectivity index is 1.59. The first kappa shape index (κ1) is 20.8. The lowest BCUT2D eigenvalue weighted by Crippen LogP contribution is -2.20. The van der Waals surface area contributed by atoms with Crippen LogP contribution in [0.2, 0.25) is 0 Å². The van der Waals surface area contributed by atoms with Gasteiger partial charge >= 0.3 is 0 Å². The first-order chi connectivity index (χ1) is 15.0. The summed E-state index contributed by atoms with van der Waals surface area (Å²) in [5.74, 6) is 0.110. The Morgan fingerprint density at radius 3 is 2.77 bits per heavy atom. The number of thioether (sulfide) groups is 1. The van der Waals surface area contributed by atoms with E-state index in [2.05, 4.69) is 35.8 Å². The highest BCUT2D eigenvalue weighted by Crippen LogP contribution is 2.26. The second-order valence-corrected chi connectivity index (χ2v) is 8.53. The van der Waals surface area contributed by atoms with Gasteiger partial charge in [-0.3, -0.25) is 4.79 Å². The van der Waals surface area contributed by atoms with E-state index in [1.54, 1.807) is 6.21 Å². The Labute approximate surface area is 185 Å². The standard InChI is InChI=1S/C19H18N8O2S2/c1-11-3-5-13(6-4-11)31-10-14-16(22-26-27(14)18-17(20)24-29-25-18)19(28)23-21-9-15-12(2)7-8-30-15/h3-9H,10H2,1-2H3,(H2,20,24)(H,23,28)/b21-9+. The van der Waals surface area contributed by atoms with Gasteiger partial charge in [0.25, 0.3) is 5.91 Å². The molecule has 0 spiro atoms. The summed E-state index contributed by atoms with van der Waals surface area (Å²) in [4.78, 5) is 14.8. The van der Waals surface area contributed by atoms with Crippen molar-refractivity contribution in [2.75, 3.05) is 5.73 Å². The Hall–Kier alpha value is -3.51. The molecule has 0 atom stereocenters. The van der Waals surface area contributed by atoms with Crippen molar-refractivity contribution in [1.29, 1.82) is 0 Å². The molecule has 0 aliphatic heterocycles. The number of anilines is 1. The predicted octanol–water partition coefficient (Wildman–Crippen LogP) is 2.97. The van der Waals surface area contributed by atoms with Crippen molar-refractivity contribution in [1.82, 2.24) is 30.7 Å². The number of carbonyl (C=O) groups is 1. The highest BCUT2D eigenvalue weighted by molar-refractivity contribution is 7.98. The number of rotatable bonds is 7. The van der Waals surface area contributed by atoms with Crippen LogP contribution >= 0.6 is 23.1 Å². The molecule has 12 heteroatoms. The summed E-state index contributed by atoms with van der Waals surface area (Å²) in [5, 5.41) is 21.4. The molecule has 3 aromatic heterocycles. The van der Waals surface area contributed by atoms with Gasteiger partial charge in [0.05, 0.1) is 11.9 Å². The smallest absolute Gasteiger partial charge is 0.293 e. The summed E-state index contributed by atoms with van der Waals surface area (Å²) >= 11 is 3.06. The minimum atomic E-state index is -0.494. The molecule has 1 amide bonds. The number of hydrogen-bond donors (Lipinski definition) is 2. The summed E-state index contributed by atoms with van der Waals surface area (Å²) < 4.78 is 6.03. The van der Waals surface area contributed by atoms with Crippen molar-refractivity contribution in [2.45, 2.75) is 24.5 Å². The van der Waals surface area contributed by atoms with Gasteiger partial charge in [-0.25, -0.2) is 10.1 Å². The second-order valence-electron chi connectivity index (χ2n) is 6.54. The van der Waals surface area contributed by atoms with Gasteiger partial charge in [-0.1, -0.05) is 22.9 Å². The molecule has 0 aliphatic carbocycles. The average Bonchev–Trinajstić information content (AvgIpc) is 3.47. The fourth-order valence-corrected chi connectivity index (χ4v) is 4.30. The van der Waals surface area contributed by atoms with E-state index in [9.17, 15) is 4.79 Å². The van der Waals surface area contributed by atoms with Crippen LogP contribution in [0.3, 0.4) is 0 Å². The van der Waals surface area contributed by atoms with E-state index in [0.717, 1.165) is 20.9 Å². The van der Waals surface area contributed by atoms with Gasteiger partial charge in [0.15, 0.2) is 5.69 Å². The maximum absolute atomic E-state index is 12.8. The lowest BCUT2D eigenvalue weighted by molar-refractivity contribution is 0.0949. The minimum absolute atomic E-state index is 0.0460. The first-order valence-corrected chi connectivity index (χ1v) is 11.0. The molecule has 3 N–H and O–H groups in total. The number of nitrogens with zero attached hydrogens (tertiary/aromatic N) is 6. The highest BCUT2D eigenvalue weighted by atomic mass is 32.2. The molecule has 0 saturated carbocycles. The van der Waals surface area contributed by atoms with Gasteiger partial charge < -0.3 is 5.73 Å². The van der Waals surface area contributed by atoms with Gasteiger partial charge in [-0.15, -0.1) is 28.2 Å². The van der Waals surface area contributed by atoms with Crippen LogP contribution in [0.15, 0.2) is 50.3 Å². The topological polar surface area (TPSA) is 137 Å². The third-order valence-electron chi connectivity index (χ3n) is 4.32. The SMILES string of the molecule is Cc1ccc(SCc2c(C(=O)N/N=C/c3sccc3C)nnn2-c2nonc2N)cc1. The Morgan fingerprint density at radius 2 is 2.10 bits per heavy atom. The van der Waals surface area contributed by atoms with Crippen LogP contribution < -0.4 is 11.2 Å². The molecule has 1 aromatic carbocycles. The van der Waals surface area contributed by atoms with E-state index in [0.29, 0.717) is 11.4 Å². The van der Waals surface area contributed by atoms with E-state index in [1.807, 2.05) is 49.6 Å². The largest absolute Gasteiger partial charge is 0.378 e. The van der Waals surface area contributed by atoms with E-state index in [-0.39, 0.29) is 17.3 Å². The summed E-state index contributed by atoms with van der Waals surface area (Å²) in [6, 6.07) is 10.0. The molecule has 0 saturated heterocycles. The van der Waals surface area contributed by atoms with Gasteiger partial charge in [0, 0.05) is 15.5 Å². The molecule has 0 unspecified atom stereocenters. The molecule has 0 bridgehead atoms. The molecule has 0 aliphatic rings. The molecule has 0 fully saturated rings. The van der Waals surface area contributed by atoms with Crippen molar-refractivity contribution in [3.63, 3.8) is 0 Å². The van der Waals surface area contributed by atoms with Gasteiger partial charge in [0.2, 0.25) is 11.6 Å². The maximum Gasteiger partial charge on any atom is 0.293 e. The van der Waals surface area contributed by atoms with Crippen LogP contribution in [0, 0.1) is 13.8 Å². The molecule has 4 aromatic rings. The zero-order valence-electron chi connectivity index (χ0n) is 16.6. The number of thiophene rings is 1. The number of nitrogen functional groups attached to an aromatic ring is 1. The van der Waals surface area contributed by atoms with Crippen molar-refractivity contribution >= 4 is 41.0 Å². The number of amides is 1. The van der Waals surface area contributed by atoms with E-state index in [1.165, 1.54) is 27.8 Å². The normalized spacial score (nSPS) is 11.3. The Morgan fingerprint density at radius 1 is 1.29 bits per heavy atom. The molecular weight excluding hydrogens is 436 g/mol. The van der Waals surface area contributed by atoms with E-state index < -0.39 is 5.91 Å². The molecule has 3 heterocycles. The third kappa shape index (κ3) is 4.64. The predicted molar refractivity (Wildman–Crippen MR) is 118 cm³/mol. The number of nitrogens with two attached hydrogens (primary N) is 1.